The monoisotopic (exact) mass is 199 g/mol. The first kappa shape index (κ1) is 12.0. The average molecular weight is 199 g/mol. The van der Waals surface area contributed by atoms with Crippen LogP contribution in [0.1, 0.15) is 41.5 Å². The third kappa shape index (κ3) is 1.96. The molecule has 2 nitrogen and oxygen atoms in total. The number of likely N-dealkylation sites (tertiary alicyclic amines) is 1. The predicted octanol–water partition coefficient (Wildman–Crippen LogP) is 2.12. The molecule has 0 bridgehead atoms. The molecule has 0 aromatic carbocycles. The lowest BCUT2D eigenvalue weighted by atomic mass is 9.77. The van der Waals surface area contributed by atoms with Crippen molar-refractivity contribution in [2.24, 2.45) is 11.8 Å². The molecule has 0 atom stereocenters. The molecule has 0 aliphatic carbocycles. The zero-order valence-corrected chi connectivity index (χ0v) is 10.5. The van der Waals surface area contributed by atoms with E-state index in [1.54, 1.807) is 0 Å². The van der Waals surface area contributed by atoms with Gasteiger partial charge in [-0.05, 0) is 39.5 Å². The van der Waals surface area contributed by atoms with Gasteiger partial charge in [-0.1, -0.05) is 13.8 Å². The van der Waals surface area contributed by atoms with Crippen molar-refractivity contribution in [2.75, 3.05) is 13.1 Å². The second kappa shape index (κ2) is 3.49. The van der Waals surface area contributed by atoms with Gasteiger partial charge in [0, 0.05) is 18.6 Å². The summed E-state index contributed by atoms with van der Waals surface area (Å²) in [5.41, 5.74) is -0.743. The molecule has 84 valence electrons. The van der Waals surface area contributed by atoms with Crippen molar-refractivity contribution < 1.29 is 5.11 Å². The van der Waals surface area contributed by atoms with Crippen LogP contribution in [0.4, 0.5) is 0 Å². The molecule has 2 heteroatoms. The molecule has 0 aromatic heterocycles. The van der Waals surface area contributed by atoms with Gasteiger partial charge in [-0.2, -0.15) is 0 Å². The Bertz CT molecular complexity index is 197. The van der Waals surface area contributed by atoms with Gasteiger partial charge < -0.3 is 5.11 Å². The Balaban J connectivity index is 2.54. The molecule has 0 aromatic rings. The van der Waals surface area contributed by atoms with E-state index in [0.717, 1.165) is 24.9 Å². The molecule has 1 N–H and O–H groups in total. The highest BCUT2D eigenvalue weighted by Gasteiger charge is 2.46. The van der Waals surface area contributed by atoms with Gasteiger partial charge in [0.05, 0.1) is 5.60 Å². The smallest absolute Gasteiger partial charge is 0.0769 e. The van der Waals surface area contributed by atoms with Crippen LogP contribution in [0.3, 0.4) is 0 Å². The zero-order valence-electron chi connectivity index (χ0n) is 10.5. The summed E-state index contributed by atoms with van der Waals surface area (Å²) in [6.45, 7) is 14.9. The number of hydrogen-bond donors (Lipinski definition) is 1. The molecule has 0 spiro atoms. The summed E-state index contributed by atoms with van der Waals surface area (Å²) < 4.78 is 0. The minimum absolute atomic E-state index is 0.113. The maximum Gasteiger partial charge on any atom is 0.0769 e. The Hall–Kier alpha value is -0.0800. The van der Waals surface area contributed by atoms with Crippen molar-refractivity contribution in [2.45, 2.75) is 52.7 Å². The van der Waals surface area contributed by atoms with Crippen LogP contribution in [0.2, 0.25) is 0 Å². The molecule has 0 radical (unpaired) electrons. The first-order chi connectivity index (χ1) is 6.16. The molecule has 0 unspecified atom stereocenters. The third-order valence-electron chi connectivity index (χ3n) is 4.14. The SMILES string of the molecule is CC(C)C1CN(C(C)(C)C(C)(C)O)C1. The Morgan fingerprint density at radius 2 is 1.57 bits per heavy atom. The first-order valence-corrected chi connectivity index (χ1v) is 5.63. The highest BCUT2D eigenvalue weighted by Crippen LogP contribution is 2.36. The van der Waals surface area contributed by atoms with Crippen molar-refractivity contribution in [3.63, 3.8) is 0 Å². The van der Waals surface area contributed by atoms with Gasteiger partial charge in [0.1, 0.15) is 0 Å². The maximum absolute atomic E-state index is 10.1. The Morgan fingerprint density at radius 3 is 1.86 bits per heavy atom. The maximum atomic E-state index is 10.1. The summed E-state index contributed by atoms with van der Waals surface area (Å²) in [5.74, 6) is 1.58. The van der Waals surface area contributed by atoms with Gasteiger partial charge in [0.2, 0.25) is 0 Å². The topological polar surface area (TPSA) is 23.5 Å². The molecule has 14 heavy (non-hydrogen) atoms. The van der Waals surface area contributed by atoms with Crippen LogP contribution in [-0.2, 0) is 0 Å². The van der Waals surface area contributed by atoms with Crippen molar-refractivity contribution in [1.29, 1.82) is 0 Å². The third-order valence-corrected chi connectivity index (χ3v) is 4.14. The van der Waals surface area contributed by atoms with Crippen LogP contribution in [0.15, 0.2) is 0 Å². The lowest BCUT2D eigenvalue weighted by molar-refractivity contribution is -0.120. The van der Waals surface area contributed by atoms with Crippen LogP contribution >= 0.6 is 0 Å². The Labute approximate surface area is 88.3 Å². The summed E-state index contributed by atoms with van der Waals surface area (Å²) in [7, 11) is 0. The molecule has 0 saturated carbocycles. The lowest BCUT2D eigenvalue weighted by Crippen LogP contribution is -2.66. The van der Waals surface area contributed by atoms with Crippen molar-refractivity contribution >= 4 is 0 Å². The van der Waals surface area contributed by atoms with Gasteiger partial charge in [-0.15, -0.1) is 0 Å². The molecule has 0 amide bonds. The number of hydrogen-bond acceptors (Lipinski definition) is 2. The summed E-state index contributed by atoms with van der Waals surface area (Å²) >= 11 is 0. The normalized spacial score (nSPS) is 21.4. The largest absolute Gasteiger partial charge is 0.389 e. The van der Waals surface area contributed by atoms with Crippen molar-refractivity contribution in [3.8, 4) is 0 Å². The summed E-state index contributed by atoms with van der Waals surface area (Å²) in [5, 5.41) is 10.1. The van der Waals surface area contributed by atoms with Crippen LogP contribution in [-0.4, -0.2) is 34.2 Å². The molecular weight excluding hydrogens is 174 g/mol. The van der Waals surface area contributed by atoms with E-state index in [0.29, 0.717) is 0 Å². The van der Waals surface area contributed by atoms with E-state index in [4.69, 9.17) is 0 Å². The van der Waals surface area contributed by atoms with Crippen molar-refractivity contribution in [1.82, 2.24) is 4.90 Å². The van der Waals surface area contributed by atoms with Gasteiger partial charge in [-0.3, -0.25) is 4.90 Å². The van der Waals surface area contributed by atoms with Gasteiger partial charge in [0.25, 0.3) is 0 Å². The number of rotatable bonds is 3. The second-order valence-electron chi connectivity index (χ2n) is 6.03. The van der Waals surface area contributed by atoms with Crippen molar-refractivity contribution in [3.05, 3.63) is 0 Å². The molecular formula is C12H25NO. The summed E-state index contributed by atoms with van der Waals surface area (Å²) in [4.78, 5) is 2.39. The van der Waals surface area contributed by atoms with Crippen LogP contribution in [0.5, 0.6) is 0 Å². The van der Waals surface area contributed by atoms with E-state index < -0.39 is 5.60 Å². The summed E-state index contributed by atoms with van der Waals surface area (Å²) in [6.07, 6.45) is 0. The van der Waals surface area contributed by atoms with Gasteiger partial charge in [0.15, 0.2) is 0 Å². The van der Waals surface area contributed by atoms with Gasteiger partial charge >= 0.3 is 0 Å². The number of nitrogens with zero attached hydrogens (tertiary/aromatic N) is 1. The molecule has 1 rings (SSSR count). The molecule has 1 saturated heterocycles. The molecule has 1 aliphatic rings. The van der Waals surface area contributed by atoms with E-state index in [2.05, 4.69) is 32.6 Å². The van der Waals surface area contributed by atoms with E-state index >= 15 is 0 Å². The minimum Gasteiger partial charge on any atom is -0.389 e. The average Bonchev–Trinajstić information content (AvgIpc) is 1.77. The highest BCUT2D eigenvalue weighted by molar-refractivity contribution is 5.00. The van der Waals surface area contributed by atoms with E-state index in [1.165, 1.54) is 0 Å². The quantitative estimate of drug-likeness (QED) is 0.752. The minimum atomic E-state index is -0.630. The van der Waals surface area contributed by atoms with E-state index in [-0.39, 0.29) is 5.54 Å². The number of aliphatic hydroxyl groups is 1. The zero-order chi connectivity index (χ0) is 11.1. The Morgan fingerprint density at radius 1 is 1.14 bits per heavy atom. The first-order valence-electron chi connectivity index (χ1n) is 5.63. The second-order valence-corrected chi connectivity index (χ2v) is 6.03. The van der Waals surface area contributed by atoms with Crippen LogP contribution < -0.4 is 0 Å². The molecule has 1 aliphatic heterocycles. The fourth-order valence-electron chi connectivity index (χ4n) is 1.78. The Kier molecular flexibility index (Phi) is 2.99. The highest BCUT2D eigenvalue weighted by atomic mass is 16.3. The summed E-state index contributed by atoms with van der Waals surface area (Å²) in [6, 6.07) is 0. The predicted molar refractivity (Wildman–Crippen MR) is 60.3 cm³/mol. The van der Waals surface area contributed by atoms with Gasteiger partial charge in [-0.25, -0.2) is 0 Å². The fourth-order valence-corrected chi connectivity index (χ4v) is 1.78. The van der Waals surface area contributed by atoms with E-state index in [1.807, 2.05) is 13.8 Å². The molecule has 1 heterocycles. The van der Waals surface area contributed by atoms with Crippen LogP contribution in [0, 0.1) is 11.8 Å². The van der Waals surface area contributed by atoms with Crippen LogP contribution in [0.25, 0.3) is 0 Å². The molecule has 1 fully saturated rings. The fraction of sp³-hybridized carbons (Fsp3) is 1.00. The standard InChI is InChI=1S/C12H25NO/c1-9(2)10-7-13(8-10)11(3,4)12(5,6)14/h9-10,14H,7-8H2,1-6H3. The van der Waals surface area contributed by atoms with E-state index in [9.17, 15) is 5.11 Å². The lowest BCUT2D eigenvalue weighted by Gasteiger charge is -2.55.